The van der Waals surface area contributed by atoms with E-state index in [4.69, 9.17) is 0 Å². The molecular formula is C35H63NO. The Bertz CT molecular complexity index is 677. The van der Waals surface area contributed by atoms with E-state index in [0.717, 1.165) is 37.8 Å². The lowest BCUT2D eigenvalue weighted by Crippen LogP contribution is -2.36. The van der Waals surface area contributed by atoms with Gasteiger partial charge in [-0.15, -0.1) is 0 Å². The van der Waals surface area contributed by atoms with Crippen molar-refractivity contribution in [3.05, 3.63) is 59.4 Å². The molecule has 0 aromatic rings. The summed E-state index contributed by atoms with van der Waals surface area (Å²) in [6.07, 6.45) is 32.1. The first-order chi connectivity index (χ1) is 17.8. The maximum Gasteiger partial charge on any atom is 0.0638 e. The lowest BCUT2D eigenvalue weighted by molar-refractivity contribution is 0.229. The van der Waals surface area contributed by atoms with E-state index in [-0.39, 0.29) is 18.6 Å². The molecule has 0 aliphatic rings. The zero-order chi connectivity index (χ0) is 27.7. The first kappa shape index (κ1) is 35.5. The summed E-state index contributed by atoms with van der Waals surface area (Å²) in [6.45, 7) is 17.5. The second-order valence-electron chi connectivity index (χ2n) is 11.5. The smallest absolute Gasteiger partial charge is 0.0638 e. The molecule has 37 heavy (non-hydrogen) atoms. The molecule has 2 heteroatoms. The van der Waals surface area contributed by atoms with Crippen LogP contribution in [0.5, 0.6) is 0 Å². The molecule has 0 aromatic heterocycles. The Kier molecular flexibility index (Phi) is 23.7. The van der Waals surface area contributed by atoms with Gasteiger partial charge in [0.25, 0.3) is 0 Å². The minimum absolute atomic E-state index is 0.00217. The molecule has 0 radical (unpaired) electrons. The van der Waals surface area contributed by atoms with Gasteiger partial charge in [0.1, 0.15) is 0 Å². The Balaban J connectivity index is 4.11. The van der Waals surface area contributed by atoms with Crippen LogP contribution in [0.1, 0.15) is 144 Å². The highest BCUT2D eigenvalue weighted by molar-refractivity contribution is 5.19. The Morgan fingerprint density at radius 3 is 1.86 bits per heavy atom. The lowest BCUT2D eigenvalue weighted by Gasteiger charge is -2.22. The molecule has 0 heterocycles. The van der Waals surface area contributed by atoms with Gasteiger partial charge >= 0.3 is 0 Å². The van der Waals surface area contributed by atoms with Crippen molar-refractivity contribution in [2.75, 3.05) is 6.61 Å². The van der Waals surface area contributed by atoms with Crippen molar-refractivity contribution < 1.29 is 5.11 Å². The van der Waals surface area contributed by atoms with E-state index < -0.39 is 0 Å². The third-order valence-corrected chi connectivity index (χ3v) is 7.16. The van der Waals surface area contributed by atoms with Crippen LogP contribution in [-0.4, -0.2) is 17.8 Å². The molecule has 2 N–H and O–H groups in total. The van der Waals surface area contributed by atoms with Gasteiger partial charge in [-0.1, -0.05) is 126 Å². The fourth-order valence-electron chi connectivity index (χ4n) is 4.60. The van der Waals surface area contributed by atoms with Gasteiger partial charge in [-0.25, -0.2) is 0 Å². The quantitative estimate of drug-likeness (QED) is 0.0764. The van der Waals surface area contributed by atoms with Crippen LogP contribution in [0.2, 0.25) is 0 Å². The molecule has 0 aliphatic carbocycles. The van der Waals surface area contributed by atoms with E-state index in [1.54, 1.807) is 0 Å². The summed E-state index contributed by atoms with van der Waals surface area (Å²) in [5.41, 5.74) is 5.08. The summed E-state index contributed by atoms with van der Waals surface area (Å²) >= 11 is 0. The van der Waals surface area contributed by atoms with E-state index in [1.165, 1.54) is 87.3 Å². The van der Waals surface area contributed by atoms with Crippen molar-refractivity contribution in [1.82, 2.24) is 5.32 Å². The molecule has 0 spiro atoms. The van der Waals surface area contributed by atoms with Crippen molar-refractivity contribution in [1.29, 1.82) is 0 Å². The number of hydrogen-bond donors (Lipinski definition) is 2. The second kappa shape index (κ2) is 24.8. The average Bonchev–Trinajstić information content (AvgIpc) is 2.84. The summed E-state index contributed by atoms with van der Waals surface area (Å²) in [6, 6.07) is 0.00217. The summed E-state index contributed by atoms with van der Waals surface area (Å²) in [5, 5.41) is 13.4. The number of aliphatic hydroxyl groups excluding tert-OH is 1. The summed E-state index contributed by atoms with van der Waals surface area (Å²) in [4.78, 5) is 0. The minimum atomic E-state index is 0.00217. The Morgan fingerprint density at radius 2 is 1.30 bits per heavy atom. The highest BCUT2D eigenvalue weighted by Gasteiger charge is 2.13. The number of allylic oxidation sites excluding steroid dienone is 7. The molecule has 0 fully saturated rings. The van der Waals surface area contributed by atoms with Gasteiger partial charge in [0.15, 0.2) is 0 Å². The SMILES string of the molecule is C=C(/C=C(\C)CC/C=C(\C)CCC=C(C)C)N[C@@H](CO)[C@H](C)/C=C/CCCCCCCCCCCCC. The fraction of sp³-hybridized carbons (Fsp3) is 0.714. The highest BCUT2D eigenvalue weighted by Crippen LogP contribution is 2.15. The first-order valence-electron chi connectivity index (χ1n) is 15.5. The van der Waals surface area contributed by atoms with Gasteiger partial charge in [0, 0.05) is 5.70 Å². The Hall–Kier alpha value is -1.54. The van der Waals surface area contributed by atoms with Crippen LogP contribution in [0.4, 0.5) is 0 Å². The number of hydrogen-bond acceptors (Lipinski definition) is 2. The van der Waals surface area contributed by atoms with Crippen LogP contribution < -0.4 is 5.32 Å². The van der Waals surface area contributed by atoms with Gasteiger partial charge in [0.2, 0.25) is 0 Å². The van der Waals surface area contributed by atoms with E-state index in [9.17, 15) is 5.11 Å². The van der Waals surface area contributed by atoms with Gasteiger partial charge in [-0.05, 0) is 78.2 Å². The summed E-state index contributed by atoms with van der Waals surface area (Å²) in [7, 11) is 0. The molecule has 0 unspecified atom stereocenters. The van der Waals surface area contributed by atoms with Crippen LogP contribution in [-0.2, 0) is 0 Å². The van der Waals surface area contributed by atoms with E-state index in [1.807, 2.05) is 0 Å². The van der Waals surface area contributed by atoms with Crippen LogP contribution in [0.15, 0.2) is 59.4 Å². The van der Waals surface area contributed by atoms with Crippen LogP contribution in [0.3, 0.4) is 0 Å². The largest absolute Gasteiger partial charge is 0.394 e. The topological polar surface area (TPSA) is 32.3 Å². The van der Waals surface area contributed by atoms with E-state index in [2.05, 4.69) is 83.8 Å². The average molecular weight is 514 g/mol. The van der Waals surface area contributed by atoms with E-state index >= 15 is 0 Å². The predicted molar refractivity (Wildman–Crippen MR) is 168 cm³/mol. The first-order valence-corrected chi connectivity index (χ1v) is 15.5. The van der Waals surface area contributed by atoms with Gasteiger partial charge in [-0.2, -0.15) is 0 Å². The van der Waals surface area contributed by atoms with Gasteiger partial charge in [-0.3, -0.25) is 0 Å². The molecule has 0 rings (SSSR count). The van der Waals surface area contributed by atoms with Crippen molar-refractivity contribution in [2.24, 2.45) is 5.92 Å². The summed E-state index contributed by atoms with van der Waals surface area (Å²) < 4.78 is 0. The lowest BCUT2D eigenvalue weighted by atomic mass is 10.00. The predicted octanol–water partition coefficient (Wildman–Crippen LogP) is 10.8. The van der Waals surface area contributed by atoms with Gasteiger partial charge in [0.05, 0.1) is 12.6 Å². The van der Waals surface area contributed by atoms with Crippen molar-refractivity contribution in [3.63, 3.8) is 0 Å². The third kappa shape index (κ3) is 23.3. The molecule has 0 aromatic carbocycles. The maximum absolute atomic E-state index is 9.92. The fourth-order valence-corrected chi connectivity index (χ4v) is 4.60. The molecule has 0 bridgehead atoms. The Labute approximate surface area is 232 Å². The van der Waals surface area contributed by atoms with Crippen molar-refractivity contribution in [3.8, 4) is 0 Å². The van der Waals surface area contributed by atoms with Crippen LogP contribution in [0.25, 0.3) is 0 Å². The Morgan fingerprint density at radius 1 is 0.757 bits per heavy atom. The maximum atomic E-state index is 9.92. The number of rotatable bonds is 24. The van der Waals surface area contributed by atoms with E-state index in [0.29, 0.717) is 0 Å². The van der Waals surface area contributed by atoms with Gasteiger partial charge < -0.3 is 10.4 Å². The molecule has 0 amide bonds. The molecule has 214 valence electrons. The third-order valence-electron chi connectivity index (χ3n) is 7.16. The van der Waals surface area contributed by atoms with Crippen LogP contribution >= 0.6 is 0 Å². The number of nitrogens with one attached hydrogen (secondary N) is 1. The highest BCUT2D eigenvalue weighted by atomic mass is 16.3. The molecule has 0 saturated heterocycles. The molecule has 0 saturated carbocycles. The molecule has 2 nitrogen and oxygen atoms in total. The van der Waals surface area contributed by atoms with Crippen molar-refractivity contribution >= 4 is 0 Å². The molecule has 0 aliphatic heterocycles. The normalized spacial score (nSPS) is 14.1. The zero-order valence-corrected chi connectivity index (χ0v) is 25.7. The van der Waals surface area contributed by atoms with Crippen LogP contribution in [0, 0.1) is 5.92 Å². The monoisotopic (exact) mass is 513 g/mol. The van der Waals surface area contributed by atoms with Crippen molar-refractivity contribution in [2.45, 2.75) is 150 Å². The minimum Gasteiger partial charge on any atom is -0.394 e. The number of unbranched alkanes of at least 4 members (excludes halogenated alkanes) is 11. The summed E-state index contributed by atoms with van der Waals surface area (Å²) in [5.74, 6) is 0.273. The molecule has 2 atom stereocenters. The number of aliphatic hydroxyl groups is 1. The second-order valence-corrected chi connectivity index (χ2v) is 11.5. The standard InChI is InChI=1S/C35H63NO/c1-8-9-10-11-12-13-14-15-16-17-18-19-20-27-33(6)35(29-37)36-34(7)28-32(5)26-22-25-31(4)24-21-23-30(2)3/h20,23,25,27-28,33,35-37H,7-19,21-22,24,26,29H2,1-6H3/b27-20+,31-25+,32-28+/t33-,35+/m1/s1. The molecular weight excluding hydrogens is 450 g/mol. The zero-order valence-electron chi connectivity index (χ0n) is 25.7.